The molecule has 1 saturated heterocycles. The Morgan fingerprint density at radius 3 is 3.13 bits per heavy atom. The van der Waals surface area contributed by atoms with Gasteiger partial charge in [0.1, 0.15) is 5.82 Å². The van der Waals surface area contributed by atoms with Crippen LogP contribution in [-0.2, 0) is 11.3 Å². The molecule has 0 aliphatic carbocycles. The maximum absolute atomic E-state index is 5.84. The molecule has 6 nitrogen and oxygen atoms in total. The van der Waals surface area contributed by atoms with Crippen LogP contribution < -0.4 is 5.32 Å². The average Bonchev–Trinajstić information content (AvgIpc) is 3.03. The van der Waals surface area contributed by atoms with Crippen LogP contribution in [-0.4, -0.2) is 52.4 Å². The number of ether oxygens (including phenoxy) is 1. The highest BCUT2D eigenvalue weighted by atomic mass is 32.1. The van der Waals surface area contributed by atoms with E-state index < -0.39 is 0 Å². The van der Waals surface area contributed by atoms with Crippen molar-refractivity contribution in [3.63, 3.8) is 0 Å². The molecule has 2 aromatic rings. The first-order valence-electron chi connectivity index (χ1n) is 8.00. The molecule has 0 saturated carbocycles. The van der Waals surface area contributed by atoms with Crippen LogP contribution >= 0.6 is 11.3 Å². The summed E-state index contributed by atoms with van der Waals surface area (Å²) in [5, 5.41) is 14.6. The van der Waals surface area contributed by atoms with Crippen LogP contribution in [0.25, 0.3) is 0 Å². The Morgan fingerprint density at radius 1 is 1.48 bits per heavy atom. The van der Waals surface area contributed by atoms with Crippen molar-refractivity contribution in [1.82, 2.24) is 20.1 Å². The van der Waals surface area contributed by atoms with E-state index in [4.69, 9.17) is 9.72 Å². The van der Waals surface area contributed by atoms with Gasteiger partial charge in [0.25, 0.3) is 0 Å². The molecule has 1 fully saturated rings. The highest BCUT2D eigenvalue weighted by Gasteiger charge is 2.21. The molecule has 0 unspecified atom stereocenters. The summed E-state index contributed by atoms with van der Waals surface area (Å²) in [5.74, 6) is 1.29. The fourth-order valence-electron chi connectivity index (χ4n) is 2.55. The molecule has 0 spiro atoms. The smallest absolute Gasteiger partial charge is 0.148 e. The van der Waals surface area contributed by atoms with Crippen molar-refractivity contribution in [2.45, 2.75) is 32.4 Å². The highest BCUT2D eigenvalue weighted by molar-refractivity contribution is 7.09. The summed E-state index contributed by atoms with van der Waals surface area (Å²) in [4.78, 5) is 7.13. The topological polar surface area (TPSA) is 63.2 Å². The predicted molar refractivity (Wildman–Crippen MR) is 91.7 cm³/mol. The third kappa shape index (κ3) is 4.70. The maximum atomic E-state index is 5.84. The van der Waals surface area contributed by atoms with Gasteiger partial charge in [0.05, 0.1) is 23.4 Å². The van der Waals surface area contributed by atoms with E-state index in [0.717, 1.165) is 38.6 Å². The minimum Gasteiger partial charge on any atom is -0.374 e. The summed E-state index contributed by atoms with van der Waals surface area (Å²) in [7, 11) is 0. The number of morpholine rings is 1. The average molecular weight is 333 g/mol. The molecule has 124 valence electrons. The minimum absolute atomic E-state index is 0.161. The van der Waals surface area contributed by atoms with Gasteiger partial charge in [-0.2, -0.15) is 5.10 Å². The first-order chi connectivity index (χ1) is 11.2. The van der Waals surface area contributed by atoms with Gasteiger partial charge >= 0.3 is 0 Å². The fraction of sp³-hybridized carbons (Fsp3) is 0.562. The van der Waals surface area contributed by atoms with Crippen LogP contribution in [0.4, 0.5) is 5.82 Å². The molecule has 2 aromatic heterocycles. The number of nitrogens with zero attached hydrogens (tertiary/aromatic N) is 4. The number of nitrogens with one attached hydrogen (secondary N) is 1. The van der Waals surface area contributed by atoms with Gasteiger partial charge in [-0.1, -0.05) is 13.8 Å². The summed E-state index contributed by atoms with van der Waals surface area (Å²) in [6.45, 7) is 8.63. The maximum Gasteiger partial charge on any atom is 0.148 e. The molecule has 3 rings (SSSR count). The van der Waals surface area contributed by atoms with E-state index in [0.29, 0.717) is 5.92 Å². The second-order valence-corrected chi connectivity index (χ2v) is 6.94. The molecule has 1 aliphatic heterocycles. The number of hydrogen-bond acceptors (Lipinski definition) is 7. The zero-order valence-corrected chi connectivity index (χ0v) is 14.4. The lowest BCUT2D eigenvalue weighted by Gasteiger charge is -2.32. The van der Waals surface area contributed by atoms with Gasteiger partial charge in [-0.05, 0) is 12.1 Å². The van der Waals surface area contributed by atoms with Crippen molar-refractivity contribution in [3.8, 4) is 0 Å². The molecule has 0 aromatic carbocycles. The molecule has 3 heterocycles. The van der Waals surface area contributed by atoms with Crippen molar-refractivity contribution in [2.24, 2.45) is 0 Å². The first-order valence-corrected chi connectivity index (χ1v) is 8.88. The molecular formula is C16H23N5OS. The Bertz CT molecular complexity index is 604. The van der Waals surface area contributed by atoms with E-state index in [-0.39, 0.29) is 6.10 Å². The predicted octanol–water partition coefficient (Wildman–Crippen LogP) is 2.37. The molecule has 0 radical (unpaired) electrons. The first kappa shape index (κ1) is 16.3. The van der Waals surface area contributed by atoms with Crippen LogP contribution in [0.5, 0.6) is 0 Å². The lowest BCUT2D eigenvalue weighted by molar-refractivity contribution is -0.0244. The van der Waals surface area contributed by atoms with Gasteiger partial charge < -0.3 is 10.1 Å². The fourth-order valence-corrected chi connectivity index (χ4v) is 3.38. The van der Waals surface area contributed by atoms with Gasteiger partial charge in [0.15, 0.2) is 0 Å². The van der Waals surface area contributed by atoms with E-state index in [9.17, 15) is 0 Å². The van der Waals surface area contributed by atoms with E-state index in [1.165, 1.54) is 10.7 Å². The molecular weight excluding hydrogens is 310 g/mol. The third-order valence-electron chi connectivity index (χ3n) is 3.76. The molecule has 0 amide bonds. The minimum atomic E-state index is 0.161. The standard InChI is InChI=1S/C16H23N5OS/c1-12(2)16-19-13(11-23-16)9-21-6-7-22-14(10-21)8-17-15-4-3-5-18-20-15/h3-5,11-12,14H,6-10H2,1-2H3,(H,17,20)/t14-/m0/s1. The summed E-state index contributed by atoms with van der Waals surface area (Å²) in [5.41, 5.74) is 1.17. The van der Waals surface area contributed by atoms with Crippen molar-refractivity contribution in [2.75, 3.05) is 31.6 Å². The summed E-state index contributed by atoms with van der Waals surface area (Å²) < 4.78 is 5.84. The Balaban J connectivity index is 1.49. The highest BCUT2D eigenvalue weighted by Crippen LogP contribution is 2.20. The van der Waals surface area contributed by atoms with Crippen LogP contribution in [0.3, 0.4) is 0 Å². The zero-order valence-electron chi connectivity index (χ0n) is 13.6. The van der Waals surface area contributed by atoms with Crippen molar-refractivity contribution in [3.05, 3.63) is 34.4 Å². The summed E-state index contributed by atoms with van der Waals surface area (Å²) in [6.07, 6.45) is 1.83. The molecule has 23 heavy (non-hydrogen) atoms. The number of thiazole rings is 1. The van der Waals surface area contributed by atoms with Crippen LogP contribution in [0.1, 0.15) is 30.5 Å². The van der Waals surface area contributed by atoms with Gasteiger partial charge in [0, 0.05) is 43.7 Å². The largest absolute Gasteiger partial charge is 0.374 e. The zero-order chi connectivity index (χ0) is 16.1. The summed E-state index contributed by atoms with van der Waals surface area (Å²) in [6, 6.07) is 3.79. The normalized spacial score (nSPS) is 19.2. The van der Waals surface area contributed by atoms with Crippen LogP contribution in [0, 0.1) is 0 Å². The van der Waals surface area contributed by atoms with Crippen LogP contribution in [0.2, 0.25) is 0 Å². The Morgan fingerprint density at radius 2 is 2.39 bits per heavy atom. The monoisotopic (exact) mass is 333 g/mol. The molecule has 7 heteroatoms. The van der Waals surface area contributed by atoms with Crippen molar-refractivity contribution >= 4 is 17.2 Å². The lowest BCUT2D eigenvalue weighted by atomic mass is 10.2. The van der Waals surface area contributed by atoms with Gasteiger partial charge in [-0.15, -0.1) is 16.4 Å². The van der Waals surface area contributed by atoms with Gasteiger partial charge in [-0.3, -0.25) is 4.90 Å². The lowest BCUT2D eigenvalue weighted by Crippen LogP contribution is -2.44. The number of hydrogen-bond donors (Lipinski definition) is 1. The molecule has 1 N–H and O–H groups in total. The van der Waals surface area contributed by atoms with Crippen molar-refractivity contribution < 1.29 is 4.74 Å². The Kier molecular flexibility index (Phi) is 5.53. The van der Waals surface area contributed by atoms with E-state index in [2.05, 4.69) is 39.6 Å². The molecule has 0 bridgehead atoms. The molecule has 1 aliphatic rings. The molecule has 1 atom stereocenters. The summed E-state index contributed by atoms with van der Waals surface area (Å²) >= 11 is 1.76. The third-order valence-corrected chi connectivity index (χ3v) is 4.95. The van der Waals surface area contributed by atoms with E-state index >= 15 is 0 Å². The Hall–Kier alpha value is -1.57. The van der Waals surface area contributed by atoms with E-state index in [1.807, 2.05) is 12.1 Å². The van der Waals surface area contributed by atoms with Gasteiger partial charge in [0.2, 0.25) is 0 Å². The second kappa shape index (κ2) is 7.81. The van der Waals surface area contributed by atoms with Gasteiger partial charge in [-0.25, -0.2) is 4.98 Å². The Labute approximate surface area is 140 Å². The number of rotatable bonds is 6. The van der Waals surface area contributed by atoms with Crippen LogP contribution in [0.15, 0.2) is 23.7 Å². The number of anilines is 1. The number of aromatic nitrogens is 3. The quantitative estimate of drug-likeness (QED) is 0.876. The SMILES string of the molecule is CC(C)c1nc(CN2CCO[C@@H](CNc3cccnn3)C2)cs1. The van der Waals surface area contributed by atoms with E-state index in [1.54, 1.807) is 17.5 Å². The second-order valence-electron chi connectivity index (χ2n) is 6.05. The van der Waals surface area contributed by atoms with Crippen molar-refractivity contribution in [1.29, 1.82) is 0 Å².